The van der Waals surface area contributed by atoms with Crippen LogP contribution < -0.4 is 0 Å². The molecule has 0 fully saturated rings. The minimum atomic E-state index is 0.169. The highest BCUT2D eigenvalue weighted by Gasteiger charge is 2.11. The van der Waals surface area contributed by atoms with Crippen LogP contribution in [0.3, 0.4) is 0 Å². The fourth-order valence-electron chi connectivity index (χ4n) is 1.68. The predicted molar refractivity (Wildman–Crippen MR) is 68.5 cm³/mol. The summed E-state index contributed by atoms with van der Waals surface area (Å²) in [4.78, 5) is 10.7. The summed E-state index contributed by atoms with van der Waals surface area (Å²) in [6, 6.07) is 6.44. The molecule has 0 amide bonds. The zero-order valence-corrected chi connectivity index (χ0v) is 10.2. The van der Waals surface area contributed by atoms with E-state index in [2.05, 4.69) is 30.0 Å². The van der Waals surface area contributed by atoms with E-state index in [4.69, 9.17) is 0 Å². The van der Waals surface area contributed by atoms with Crippen LogP contribution in [0.1, 0.15) is 30.0 Å². The van der Waals surface area contributed by atoms with E-state index in [1.807, 2.05) is 0 Å². The van der Waals surface area contributed by atoms with Crippen LogP contribution in [-0.4, -0.2) is 10.9 Å². The topological polar surface area (TPSA) is 17.1 Å². The van der Waals surface area contributed by atoms with Crippen molar-refractivity contribution in [2.75, 3.05) is 5.75 Å². The van der Waals surface area contributed by atoms with Gasteiger partial charge >= 0.3 is 0 Å². The summed E-state index contributed by atoms with van der Waals surface area (Å²) in [6.07, 6.45) is 3.20. The first-order chi connectivity index (χ1) is 7.75. The van der Waals surface area contributed by atoms with Crippen LogP contribution in [0.25, 0.3) is 0 Å². The average molecular weight is 230 g/mol. The van der Waals surface area contributed by atoms with Crippen molar-refractivity contribution in [1.29, 1.82) is 0 Å². The van der Waals surface area contributed by atoms with E-state index in [0.29, 0.717) is 0 Å². The van der Waals surface area contributed by atoms with Crippen molar-refractivity contribution in [3.8, 4) is 11.8 Å². The van der Waals surface area contributed by atoms with Crippen molar-refractivity contribution in [3.63, 3.8) is 0 Å². The van der Waals surface area contributed by atoms with E-state index in [-0.39, 0.29) is 5.12 Å². The lowest BCUT2D eigenvalue weighted by molar-refractivity contribution is -0.109. The van der Waals surface area contributed by atoms with Crippen LogP contribution in [0.4, 0.5) is 0 Å². The van der Waals surface area contributed by atoms with Crippen LogP contribution in [0.15, 0.2) is 18.2 Å². The van der Waals surface area contributed by atoms with E-state index in [9.17, 15) is 4.79 Å². The summed E-state index contributed by atoms with van der Waals surface area (Å²) < 4.78 is 0. The molecule has 1 aliphatic carbocycles. The Morgan fingerprint density at radius 2 is 2.19 bits per heavy atom. The third kappa shape index (κ3) is 2.90. The van der Waals surface area contributed by atoms with Gasteiger partial charge in [-0.2, -0.15) is 0 Å². The first kappa shape index (κ1) is 11.3. The normalized spacial score (nSPS) is 12.1. The van der Waals surface area contributed by atoms with Crippen molar-refractivity contribution in [2.45, 2.75) is 26.2 Å². The maximum Gasteiger partial charge on any atom is 0.185 e. The number of aryl methyl sites for hydroxylation is 2. The molecule has 0 radical (unpaired) electrons. The highest BCUT2D eigenvalue weighted by Crippen LogP contribution is 2.23. The molecule has 0 aliphatic heterocycles. The van der Waals surface area contributed by atoms with Crippen LogP contribution in [0.5, 0.6) is 0 Å². The number of hydrogen-bond acceptors (Lipinski definition) is 2. The van der Waals surface area contributed by atoms with Crippen molar-refractivity contribution in [3.05, 3.63) is 34.9 Å². The molecule has 0 spiro atoms. The van der Waals surface area contributed by atoms with E-state index in [1.54, 1.807) is 6.92 Å². The van der Waals surface area contributed by atoms with Gasteiger partial charge in [-0.05, 0) is 36.1 Å². The largest absolute Gasteiger partial charge is 0.288 e. The number of rotatable bonds is 2. The summed E-state index contributed by atoms with van der Waals surface area (Å²) in [6.45, 7) is 1.59. The standard InChI is InChI=1S/C14H14OS/c1-11(15)16-9-3-2-4-12-5-6-13-7-8-14(13)10-12/h5-6,10H,3,7-9H2,1H3. The number of thioether (sulfide) groups is 1. The SMILES string of the molecule is CC(=O)SCCC#Cc1ccc2c(c1)CC2. The van der Waals surface area contributed by atoms with Crippen LogP contribution in [-0.2, 0) is 17.6 Å². The Bertz CT molecular complexity index is 465. The van der Waals surface area contributed by atoms with Crippen molar-refractivity contribution < 1.29 is 4.79 Å². The molecule has 0 bridgehead atoms. The fraction of sp³-hybridized carbons (Fsp3) is 0.357. The summed E-state index contributed by atoms with van der Waals surface area (Å²) in [5, 5.41) is 0.169. The van der Waals surface area contributed by atoms with E-state index in [0.717, 1.165) is 17.7 Å². The van der Waals surface area contributed by atoms with Gasteiger partial charge in [0.25, 0.3) is 0 Å². The molecule has 0 aromatic heterocycles. The van der Waals surface area contributed by atoms with Gasteiger partial charge in [0.05, 0.1) is 0 Å². The fourth-order valence-corrected chi connectivity index (χ4v) is 2.17. The lowest BCUT2D eigenvalue weighted by atomic mass is 9.87. The average Bonchev–Trinajstić information content (AvgIpc) is 2.21. The maximum absolute atomic E-state index is 10.7. The second-order valence-corrected chi connectivity index (χ2v) is 5.15. The molecule has 2 heteroatoms. The summed E-state index contributed by atoms with van der Waals surface area (Å²) >= 11 is 1.34. The van der Waals surface area contributed by atoms with E-state index < -0.39 is 0 Å². The third-order valence-electron chi connectivity index (χ3n) is 2.64. The van der Waals surface area contributed by atoms with Crippen LogP contribution >= 0.6 is 11.8 Å². The second-order valence-electron chi connectivity index (χ2n) is 3.88. The van der Waals surface area contributed by atoms with Crippen molar-refractivity contribution in [2.24, 2.45) is 0 Å². The molecule has 0 saturated carbocycles. The lowest BCUT2D eigenvalue weighted by Gasteiger charge is -2.17. The first-order valence-corrected chi connectivity index (χ1v) is 6.48. The number of carbonyl (C=O) groups excluding carboxylic acids is 1. The summed E-state index contributed by atoms with van der Waals surface area (Å²) in [5.41, 5.74) is 4.02. The summed E-state index contributed by atoms with van der Waals surface area (Å²) in [5.74, 6) is 7.05. The smallest absolute Gasteiger partial charge is 0.185 e. The molecule has 2 rings (SSSR count). The van der Waals surface area contributed by atoms with Gasteiger partial charge in [-0.25, -0.2) is 0 Å². The molecule has 82 valence electrons. The van der Waals surface area contributed by atoms with E-state index >= 15 is 0 Å². The molecule has 1 aromatic carbocycles. The molecule has 0 heterocycles. The summed E-state index contributed by atoms with van der Waals surface area (Å²) in [7, 11) is 0. The number of carbonyl (C=O) groups is 1. The zero-order valence-electron chi connectivity index (χ0n) is 9.38. The molecular weight excluding hydrogens is 216 g/mol. The number of hydrogen-bond donors (Lipinski definition) is 0. The van der Waals surface area contributed by atoms with Gasteiger partial charge in [0.1, 0.15) is 0 Å². The molecule has 0 atom stereocenters. The third-order valence-corrected chi connectivity index (χ3v) is 3.45. The Morgan fingerprint density at radius 1 is 1.38 bits per heavy atom. The Labute approximate surface area is 101 Å². The number of fused-ring (bicyclic) bond motifs is 1. The van der Waals surface area contributed by atoms with Gasteiger partial charge in [-0.1, -0.05) is 29.7 Å². The lowest BCUT2D eigenvalue weighted by Crippen LogP contribution is -2.07. The number of benzene rings is 1. The van der Waals surface area contributed by atoms with E-state index in [1.165, 1.54) is 35.7 Å². The van der Waals surface area contributed by atoms with Crippen LogP contribution in [0.2, 0.25) is 0 Å². The van der Waals surface area contributed by atoms with Crippen molar-refractivity contribution in [1.82, 2.24) is 0 Å². The Kier molecular flexibility index (Phi) is 3.69. The van der Waals surface area contributed by atoms with Gasteiger partial charge in [0.2, 0.25) is 0 Å². The molecule has 0 saturated heterocycles. The molecule has 0 N–H and O–H groups in total. The molecule has 16 heavy (non-hydrogen) atoms. The maximum atomic E-state index is 10.7. The quantitative estimate of drug-likeness (QED) is 0.574. The minimum absolute atomic E-state index is 0.169. The zero-order chi connectivity index (χ0) is 11.4. The Morgan fingerprint density at radius 3 is 2.81 bits per heavy atom. The van der Waals surface area contributed by atoms with Crippen molar-refractivity contribution >= 4 is 16.9 Å². The monoisotopic (exact) mass is 230 g/mol. The minimum Gasteiger partial charge on any atom is -0.288 e. The molecule has 1 nitrogen and oxygen atoms in total. The second kappa shape index (κ2) is 5.23. The molecular formula is C14H14OS. The van der Waals surface area contributed by atoms with Gasteiger partial charge in [0.15, 0.2) is 5.12 Å². The highest BCUT2D eigenvalue weighted by molar-refractivity contribution is 8.13. The molecule has 0 unspecified atom stereocenters. The van der Waals surface area contributed by atoms with Gasteiger partial charge < -0.3 is 0 Å². The van der Waals surface area contributed by atoms with Gasteiger partial charge in [-0.15, -0.1) is 0 Å². The first-order valence-electron chi connectivity index (χ1n) is 5.50. The highest BCUT2D eigenvalue weighted by atomic mass is 32.2. The van der Waals surface area contributed by atoms with Gasteiger partial charge in [-0.3, -0.25) is 4.79 Å². The Balaban J connectivity index is 1.86. The molecule has 1 aromatic rings. The Hall–Kier alpha value is -1.20. The van der Waals surface area contributed by atoms with Gasteiger partial charge in [0, 0.05) is 24.7 Å². The van der Waals surface area contributed by atoms with Crippen LogP contribution in [0, 0.1) is 11.8 Å². The molecule has 1 aliphatic rings. The predicted octanol–water partition coefficient (Wildman–Crippen LogP) is 2.81.